The summed E-state index contributed by atoms with van der Waals surface area (Å²) in [6.45, 7) is 0.377. The van der Waals surface area contributed by atoms with Crippen molar-refractivity contribution in [2.75, 3.05) is 18.6 Å². The SMILES string of the molecule is C=C[C@]1(c2cc(NC(=O)c3ccc(F)cn3)ccc2F)N=C(N)O[C@H](CF)[C@@H]1OCC(F)(F)F. The van der Waals surface area contributed by atoms with E-state index in [0.717, 1.165) is 42.6 Å². The average molecular weight is 488 g/mol. The highest BCUT2D eigenvalue weighted by Crippen LogP contribution is 2.41. The van der Waals surface area contributed by atoms with E-state index in [0.29, 0.717) is 0 Å². The Morgan fingerprint density at radius 1 is 1.29 bits per heavy atom. The van der Waals surface area contributed by atoms with Crippen LogP contribution in [-0.4, -0.2) is 48.6 Å². The van der Waals surface area contributed by atoms with Gasteiger partial charge in [-0.05, 0) is 30.3 Å². The van der Waals surface area contributed by atoms with Crippen molar-refractivity contribution in [1.82, 2.24) is 4.98 Å². The summed E-state index contributed by atoms with van der Waals surface area (Å²) in [4.78, 5) is 19.9. The largest absolute Gasteiger partial charge is 0.456 e. The molecule has 0 fully saturated rings. The smallest absolute Gasteiger partial charge is 0.411 e. The second-order valence-corrected chi connectivity index (χ2v) is 7.15. The van der Waals surface area contributed by atoms with Crippen LogP contribution >= 0.6 is 0 Å². The first-order valence-corrected chi connectivity index (χ1v) is 9.62. The number of alkyl halides is 4. The lowest BCUT2D eigenvalue weighted by Gasteiger charge is -2.42. The summed E-state index contributed by atoms with van der Waals surface area (Å²) >= 11 is 0. The van der Waals surface area contributed by atoms with Crippen LogP contribution in [0.25, 0.3) is 0 Å². The van der Waals surface area contributed by atoms with Crippen LogP contribution in [-0.2, 0) is 15.0 Å². The van der Waals surface area contributed by atoms with E-state index in [1.165, 1.54) is 0 Å². The van der Waals surface area contributed by atoms with Crippen LogP contribution in [0.1, 0.15) is 16.1 Å². The van der Waals surface area contributed by atoms with Gasteiger partial charge in [0.2, 0.25) is 0 Å². The third-order valence-corrected chi connectivity index (χ3v) is 4.84. The monoisotopic (exact) mass is 488 g/mol. The molecule has 2 aromatic rings. The van der Waals surface area contributed by atoms with Crippen LogP contribution in [0.2, 0.25) is 0 Å². The molecule has 0 radical (unpaired) electrons. The molecule has 3 rings (SSSR count). The normalized spacial score (nSPS) is 22.5. The number of ether oxygens (including phenoxy) is 2. The van der Waals surface area contributed by atoms with Crippen LogP contribution in [0.3, 0.4) is 0 Å². The summed E-state index contributed by atoms with van der Waals surface area (Å²) in [5, 5.41) is 2.40. The van der Waals surface area contributed by atoms with E-state index in [9.17, 15) is 31.1 Å². The van der Waals surface area contributed by atoms with E-state index < -0.39 is 66.3 Å². The van der Waals surface area contributed by atoms with Crippen LogP contribution in [0.15, 0.2) is 54.2 Å². The van der Waals surface area contributed by atoms with Gasteiger partial charge >= 0.3 is 6.18 Å². The van der Waals surface area contributed by atoms with E-state index in [2.05, 4.69) is 21.9 Å². The van der Waals surface area contributed by atoms with Crippen LogP contribution in [0.5, 0.6) is 0 Å². The summed E-state index contributed by atoms with van der Waals surface area (Å²) in [5.41, 5.74) is 2.86. The van der Waals surface area contributed by atoms with E-state index in [1.807, 2.05) is 0 Å². The third kappa shape index (κ3) is 5.30. The summed E-state index contributed by atoms with van der Waals surface area (Å²) in [6, 6.07) is 4.60. The van der Waals surface area contributed by atoms with Gasteiger partial charge in [0.1, 0.15) is 42.3 Å². The second-order valence-electron chi connectivity index (χ2n) is 7.15. The zero-order valence-corrected chi connectivity index (χ0v) is 17.3. The Balaban J connectivity index is 2.04. The number of rotatable bonds is 7. The van der Waals surface area contributed by atoms with E-state index >= 15 is 0 Å². The second kappa shape index (κ2) is 9.71. The topological polar surface area (TPSA) is 98.8 Å². The number of amidine groups is 1. The average Bonchev–Trinajstić information content (AvgIpc) is 2.78. The van der Waals surface area contributed by atoms with Gasteiger partial charge in [-0.25, -0.2) is 23.1 Å². The fraction of sp³-hybridized carbons (Fsp3) is 0.286. The molecule has 1 aromatic heterocycles. The first kappa shape index (κ1) is 25.0. The van der Waals surface area contributed by atoms with Crippen LogP contribution in [0.4, 0.5) is 32.0 Å². The van der Waals surface area contributed by atoms with Gasteiger partial charge in [0.05, 0.1) is 6.20 Å². The zero-order valence-electron chi connectivity index (χ0n) is 17.3. The van der Waals surface area contributed by atoms with Crippen molar-refractivity contribution in [3.05, 3.63) is 72.1 Å². The Morgan fingerprint density at radius 2 is 2.03 bits per heavy atom. The molecule has 0 spiro atoms. The molecule has 0 bridgehead atoms. The molecule has 182 valence electrons. The van der Waals surface area contributed by atoms with Crippen molar-refractivity contribution >= 4 is 17.6 Å². The van der Waals surface area contributed by atoms with Crippen molar-refractivity contribution < 1.29 is 40.6 Å². The number of benzene rings is 1. The van der Waals surface area contributed by atoms with Gasteiger partial charge in [0, 0.05) is 11.3 Å². The molecule has 3 atom stereocenters. The first-order valence-electron chi connectivity index (χ1n) is 9.62. The Kier molecular flexibility index (Phi) is 7.15. The summed E-state index contributed by atoms with van der Waals surface area (Å²) in [6.07, 6.45) is -6.51. The Bertz CT molecular complexity index is 1090. The molecule has 0 aliphatic carbocycles. The minimum absolute atomic E-state index is 0.0274. The first-order chi connectivity index (χ1) is 16.0. The van der Waals surface area contributed by atoms with Gasteiger partial charge < -0.3 is 20.5 Å². The number of aliphatic imine (C=N–C) groups is 1. The number of anilines is 1. The lowest BCUT2D eigenvalue weighted by Crippen LogP contribution is -2.55. The number of nitrogens with one attached hydrogen (secondary N) is 1. The Hall–Kier alpha value is -3.61. The maximum atomic E-state index is 15.0. The minimum Gasteiger partial charge on any atom is -0.456 e. The molecular formula is C21H18F6N4O3. The number of amides is 1. The molecule has 1 amide bonds. The van der Waals surface area contributed by atoms with Crippen molar-refractivity contribution in [2.45, 2.75) is 23.9 Å². The predicted molar refractivity (Wildman–Crippen MR) is 109 cm³/mol. The lowest BCUT2D eigenvalue weighted by molar-refractivity contribution is -0.204. The predicted octanol–water partition coefficient (Wildman–Crippen LogP) is 3.62. The molecule has 1 aliphatic heterocycles. The van der Waals surface area contributed by atoms with Gasteiger partial charge in [0.15, 0.2) is 6.10 Å². The molecule has 2 heterocycles. The van der Waals surface area contributed by atoms with Crippen molar-refractivity contribution in [1.29, 1.82) is 0 Å². The number of carbonyl (C=O) groups excluding carboxylic acids is 1. The Morgan fingerprint density at radius 3 is 2.62 bits per heavy atom. The number of hydrogen-bond donors (Lipinski definition) is 2. The molecule has 0 unspecified atom stereocenters. The van der Waals surface area contributed by atoms with Gasteiger partial charge in [-0.2, -0.15) is 13.2 Å². The standard InChI is InChI=1S/C21H18F6N4O3/c1-2-20(17(33-10-21(25,26)27)16(8-22)34-19(28)31-20)13-7-12(4-5-14(13)24)30-18(32)15-6-3-11(23)9-29-15/h2-7,9,16-17H,1,8,10H2,(H2,28,31)(H,30,32)/t16-,17+,20-/m1/s1. The van der Waals surface area contributed by atoms with Gasteiger partial charge in [0.25, 0.3) is 11.9 Å². The summed E-state index contributed by atoms with van der Waals surface area (Å²) < 4.78 is 90.1. The number of nitrogens with two attached hydrogens (primary N) is 1. The van der Waals surface area contributed by atoms with Gasteiger partial charge in [-0.3, -0.25) is 4.79 Å². The quantitative estimate of drug-likeness (QED) is 0.458. The lowest BCUT2D eigenvalue weighted by atomic mass is 9.81. The maximum absolute atomic E-state index is 15.0. The number of carbonyl (C=O) groups is 1. The highest BCUT2D eigenvalue weighted by atomic mass is 19.4. The molecule has 0 saturated heterocycles. The zero-order chi connectivity index (χ0) is 25.1. The van der Waals surface area contributed by atoms with E-state index in [-0.39, 0.29) is 11.4 Å². The van der Waals surface area contributed by atoms with Crippen LogP contribution < -0.4 is 11.1 Å². The number of nitrogens with zero attached hydrogens (tertiary/aromatic N) is 2. The number of aromatic nitrogens is 1. The van der Waals surface area contributed by atoms with Gasteiger partial charge in [-0.1, -0.05) is 6.08 Å². The van der Waals surface area contributed by atoms with Crippen molar-refractivity contribution in [3.63, 3.8) is 0 Å². The summed E-state index contributed by atoms with van der Waals surface area (Å²) in [7, 11) is 0. The fourth-order valence-electron chi connectivity index (χ4n) is 3.40. The summed E-state index contributed by atoms with van der Waals surface area (Å²) in [5.74, 6) is -2.43. The van der Waals surface area contributed by atoms with Crippen LogP contribution in [0, 0.1) is 11.6 Å². The molecule has 3 N–H and O–H groups in total. The third-order valence-electron chi connectivity index (χ3n) is 4.84. The van der Waals surface area contributed by atoms with E-state index in [1.54, 1.807) is 0 Å². The minimum atomic E-state index is -4.79. The molecular weight excluding hydrogens is 470 g/mol. The number of halogens is 6. The number of hydrogen-bond acceptors (Lipinski definition) is 6. The molecule has 7 nitrogen and oxygen atoms in total. The van der Waals surface area contributed by atoms with E-state index in [4.69, 9.17) is 15.2 Å². The molecule has 34 heavy (non-hydrogen) atoms. The Labute approximate surface area is 189 Å². The number of pyridine rings is 1. The maximum Gasteiger partial charge on any atom is 0.411 e. The highest BCUT2D eigenvalue weighted by Gasteiger charge is 2.51. The molecule has 0 saturated carbocycles. The molecule has 1 aromatic carbocycles. The van der Waals surface area contributed by atoms with Crippen molar-refractivity contribution in [2.24, 2.45) is 10.7 Å². The van der Waals surface area contributed by atoms with Gasteiger partial charge in [-0.15, -0.1) is 6.58 Å². The molecule has 1 aliphatic rings. The van der Waals surface area contributed by atoms with Crippen molar-refractivity contribution in [3.8, 4) is 0 Å². The fourth-order valence-corrected chi connectivity index (χ4v) is 3.40. The molecule has 13 heteroatoms. The highest BCUT2D eigenvalue weighted by molar-refractivity contribution is 6.02.